The topological polar surface area (TPSA) is 30.9 Å². The Hall–Kier alpha value is -3.14. The van der Waals surface area contributed by atoms with E-state index in [1.165, 1.54) is 81.4 Å². The van der Waals surface area contributed by atoms with Crippen LogP contribution in [0.25, 0.3) is 33.7 Å². The molecular formula is C28H29NO3. The summed E-state index contributed by atoms with van der Waals surface area (Å²) in [6, 6.07) is 11.1. The molecule has 0 amide bonds. The molecule has 32 heavy (non-hydrogen) atoms. The Morgan fingerprint density at radius 2 is 1.56 bits per heavy atom. The molecule has 0 saturated heterocycles. The summed E-state index contributed by atoms with van der Waals surface area (Å²) in [7, 11) is 7.43. The van der Waals surface area contributed by atoms with Crippen LogP contribution >= 0.6 is 0 Å². The number of fused-ring (bicyclic) bond motifs is 4. The van der Waals surface area contributed by atoms with Gasteiger partial charge in [-0.3, -0.25) is 0 Å². The highest BCUT2D eigenvalue weighted by molar-refractivity contribution is 6.12. The molecule has 6 rings (SSSR count). The molecule has 1 saturated carbocycles. The molecule has 4 nitrogen and oxygen atoms in total. The third-order valence-electron chi connectivity index (χ3n) is 7.64. The minimum Gasteiger partial charge on any atom is -0.496 e. The highest BCUT2D eigenvalue weighted by Crippen LogP contribution is 2.50. The molecule has 0 aromatic heterocycles. The van der Waals surface area contributed by atoms with Gasteiger partial charge in [-0.25, -0.2) is 0 Å². The number of hydrogen-bond donors (Lipinski definition) is 0. The smallest absolute Gasteiger partial charge is 0.164 e. The molecular weight excluding hydrogens is 398 g/mol. The van der Waals surface area contributed by atoms with E-state index in [-0.39, 0.29) is 0 Å². The average Bonchev–Trinajstić information content (AvgIpc) is 2.82. The summed E-state index contributed by atoms with van der Waals surface area (Å²) in [5.74, 6) is 3.18. The van der Waals surface area contributed by atoms with Crippen molar-refractivity contribution in [3.63, 3.8) is 0 Å². The SMILES string of the molecule is COc1cc2c3c(ccc2c(C2CCCCC2)c1OC)-c1ccc(OC)c2c1=C(C=2)N3C. The van der Waals surface area contributed by atoms with Crippen LogP contribution in [0.1, 0.15) is 43.6 Å². The summed E-state index contributed by atoms with van der Waals surface area (Å²) in [4.78, 5) is 2.34. The minimum absolute atomic E-state index is 0.509. The predicted molar refractivity (Wildman–Crippen MR) is 130 cm³/mol. The van der Waals surface area contributed by atoms with Crippen LogP contribution in [0.2, 0.25) is 0 Å². The van der Waals surface area contributed by atoms with E-state index in [4.69, 9.17) is 14.2 Å². The summed E-state index contributed by atoms with van der Waals surface area (Å²) in [5.41, 5.74) is 6.36. The molecule has 1 heterocycles. The van der Waals surface area contributed by atoms with E-state index >= 15 is 0 Å². The van der Waals surface area contributed by atoms with E-state index in [0.29, 0.717) is 5.92 Å². The molecule has 0 bridgehead atoms. The number of methoxy groups -OCH3 is 3. The van der Waals surface area contributed by atoms with Crippen LogP contribution < -0.4 is 29.5 Å². The molecule has 164 valence electrons. The normalized spacial score (nSPS) is 16.8. The zero-order chi connectivity index (χ0) is 22.0. The number of rotatable bonds is 4. The van der Waals surface area contributed by atoms with E-state index in [1.54, 1.807) is 21.3 Å². The average molecular weight is 428 g/mol. The monoisotopic (exact) mass is 427 g/mol. The molecule has 0 spiro atoms. The van der Waals surface area contributed by atoms with E-state index in [1.807, 2.05) is 0 Å². The van der Waals surface area contributed by atoms with Gasteiger partial charge in [0.2, 0.25) is 0 Å². The largest absolute Gasteiger partial charge is 0.496 e. The molecule has 1 aliphatic heterocycles. The summed E-state index contributed by atoms with van der Waals surface area (Å²) < 4.78 is 17.4. The van der Waals surface area contributed by atoms with E-state index in [9.17, 15) is 0 Å². The van der Waals surface area contributed by atoms with E-state index in [2.05, 4.69) is 48.4 Å². The van der Waals surface area contributed by atoms with Crippen molar-refractivity contribution >= 4 is 28.2 Å². The Bertz CT molecular complexity index is 1380. The second-order valence-corrected chi connectivity index (χ2v) is 9.11. The highest BCUT2D eigenvalue weighted by Gasteiger charge is 2.31. The Morgan fingerprint density at radius 1 is 0.812 bits per heavy atom. The van der Waals surface area contributed by atoms with Crippen LogP contribution in [0.5, 0.6) is 17.2 Å². The number of hydrogen-bond acceptors (Lipinski definition) is 4. The first kappa shape index (κ1) is 19.5. The van der Waals surface area contributed by atoms with Gasteiger partial charge < -0.3 is 19.1 Å². The van der Waals surface area contributed by atoms with Gasteiger partial charge in [0, 0.05) is 34.0 Å². The summed E-state index contributed by atoms with van der Waals surface area (Å²) >= 11 is 0. The summed E-state index contributed by atoms with van der Waals surface area (Å²) in [6.45, 7) is 0. The van der Waals surface area contributed by atoms with Crippen LogP contribution in [0.4, 0.5) is 5.69 Å². The first-order valence-electron chi connectivity index (χ1n) is 11.6. The Balaban J connectivity index is 1.66. The van der Waals surface area contributed by atoms with Crippen molar-refractivity contribution in [3.05, 3.63) is 46.3 Å². The van der Waals surface area contributed by atoms with Gasteiger partial charge >= 0.3 is 0 Å². The van der Waals surface area contributed by atoms with Crippen LogP contribution in [0.15, 0.2) is 30.3 Å². The van der Waals surface area contributed by atoms with Crippen LogP contribution in [-0.4, -0.2) is 28.4 Å². The number of anilines is 1. The van der Waals surface area contributed by atoms with E-state index < -0.39 is 0 Å². The second kappa shape index (κ2) is 7.19. The fourth-order valence-electron chi connectivity index (χ4n) is 6.12. The summed E-state index contributed by atoms with van der Waals surface area (Å²) in [6.07, 6.45) is 8.55. The van der Waals surface area contributed by atoms with Gasteiger partial charge in [0.25, 0.3) is 0 Å². The molecule has 3 aliphatic rings. The number of ether oxygens (including phenoxy) is 3. The molecule has 0 radical (unpaired) electrons. The van der Waals surface area contributed by atoms with Gasteiger partial charge in [-0.15, -0.1) is 0 Å². The molecule has 0 N–H and O–H groups in total. The lowest BCUT2D eigenvalue weighted by molar-refractivity contribution is 0.344. The van der Waals surface area contributed by atoms with Gasteiger partial charge in [0.15, 0.2) is 11.5 Å². The maximum absolute atomic E-state index is 5.95. The Labute approximate surface area is 188 Å². The molecule has 3 aromatic rings. The maximum Gasteiger partial charge on any atom is 0.164 e. The fraction of sp³-hybridized carbons (Fsp3) is 0.357. The molecule has 1 fully saturated rings. The first-order chi connectivity index (χ1) is 15.7. The summed E-state index contributed by atoms with van der Waals surface area (Å²) in [5, 5.41) is 5.02. The maximum atomic E-state index is 5.95. The second-order valence-electron chi connectivity index (χ2n) is 9.11. The van der Waals surface area contributed by atoms with Gasteiger partial charge in [0.05, 0.1) is 32.7 Å². The van der Waals surface area contributed by atoms with Crippen molar-refractivity contribution in [1.82, 2.24) is 0 Å². The van der Waals surface area contributed by atoms with Crippen molar-refractivity contribution in [2.24, 2.45) is 0 Å². The van der Waals surface area contributed by atoms with Crippen molar-refractivity contribution in [1.29, 1.82) is 0 Å². The van der Waals surface area contributed by atoms with Gasteiger partial charge in [-0.05, 0) is 54.0 Å². The van der Waals surface area contributed by atoms with Gasteiger partial charge in [-0.1, -0.05) is 31.4 Å². The van der Waals surface area contributed by atoms with Gasteiger partial charge in [-0.2, -0.15) is 0 Å². The predicted octanol–water partition coefficient (Wildman–Crippen LogP) is 4.93. The van der Waals surface area contributed by atoms with Gasteiger partial charge in [0.1, 0.15) is 5.75 Å². The van der Waals surface area contributed by atoms with Crippen LogP contribution in [0.3, 0.4) is 0 Å². The Kier molecular flexibility index (Phi) is 4.39. The Morgan fingerprint density at radius 3 is 2.28 bits per heavy atom. The standard InChI is InChI=1S/C28H29NO3/c1-29-22-14-21-23(30-2)13-12-17(26(21)22)19-11-10-18-20(27(19)29)15-24(31-3)28(32-4)25(18)16-8-6-5-7-9-16/h10-16H,5-9H2,1-4H3. The van der Waals surface area contributed by atoms with Crippen molar-refractivity contribution in [2.75, 3.05) is 33.3 Å². The zero-order valence-electron chi connectivity index (χ0n) is 19.2. The number of nitrogens with zero attached hydrogens (tertiary/aromatic N) is 1. The quantitative estimate of drug-likeness (QED) is 0.591. The molecule has 0 atom stereocenters. The fourth-order valence-corrected chi connectivity index (χ4v) is 6.12. The van der Waals surface area contributed by atoms with Crippen LogP contribution in [0, 0.1) is 0 Å². The lowest BCUT2D eigenvalue weighted by Gasteiger charge is -2.35. The third-order valence-corrected chi connectivity index (χ3v) is 7.64. The highest BCUT2D eigenvalue weighted by atomic mass is 16.5. The van der Waals surface area contributed by atoms with Crippen molar-refractivity contribution in [2.45, 2.75) is 38.0 Å². The zero-order valence-corrected chi connectivity index (χ0v) is 19.2. The van der Waals surface area contributed by atoms with Crippen molar-refractivity contribution in [3.8, 4) is 28.4 Å². The molecule has 2 aliphatic carbocycles. The molecule has 3 aromatic carbocycles. The van der Waals surface area contributed by atoms with Crippen molar-refractivity contribution < 1.29 is 14.2 Å². The lowest BCUT2D eigenvalue weighted by atomic mass is 9.80. The first-order valence-corrected chi connectivity index (χ1v) is 11.6. The molecule has 4 heteroatoms. The third kappa shape index (κ3) is 2.49. The van der Waals surface area contributed by atoms with E-state index in [0.717, 1.165) is 17.2 Å². The number of benzene rings is 3. The minimum atomic E-state index is 0.509. The lowest BCUT2D eigenvalue weighted by Crippen LogP contribution is -2.44. The molecule has 0 unspecified atom stereocenters. The van der Waals surface area contributed by atoms with Crippen LogP contribution in [-0.2, 0) is 0 Å².